The molecule has 1 aromatic heterocycles. The van der Waals surface area contributed by atoms with E-state index in [0.717, 1.165) is 36.8 Å². The van der Waals surface area contributed by atoms with Gasteiger partial charge in [-0.3, -0.25) is 14.4 Å². The van der Waals surface area contributed by atoms with Gasteiger partial charge >= 0.3 is 0 Å². The lowest BCUT2D eigenvalue weighted by molar-refractivity contribution is -0.133. The van der Waals surface area contributed by atoms with E-state index in [-0.39, 0.29) is 30.0 Å². The van der Waals surface area contributed by atoms with Gasteiger partial charge < -0.3 is 10.2 Å². The van der Waals surface area contributed by atoms with Crippen molar-refractivity contribution < 1.29 is 9.59 Å². The molecule has 2 aliphatic carbocycles. The minimum absolute atomic E-state index is 0.0528. The van der Waals surface area contributed by atoms with E-state index in [0.29, 0.717) is 23.8 Å². The fourth-order valence-corrected chi connectivity index (χ4v) is 3.81. The fraction of sp³-hybridized carbons (Fsp3) is 0.308. The third-order valence-electron chi connectivity index (χ3n) is 6.01. The molecule has 0 spiro atoms. The van der Waals surface area contributed by atoms with Gasteiger partial charge in [-0.2, -0.15) is 5.10 Å². The molecule has 0 aliphatic heterocycles. The Morgan fingerprint density at radius 2 is 1.67 bits per heavy atom. The van der Waals surface area contributed by atoms with Gasteiger partial charge in [0.05, 0.1) is 5.69 Å². The van der Waals surface area contributed by atoms with E-state index >= 15 is 0 Å². The Morgan fingerprint density at radius 3 is 2.33 bits per heavy atom. The third-order valence-corrected chi connectivity index (χ3v) is 6.01. The third kappa shape index (κ3) is 5.19. The van der Waals surface area contributed by atoms with Crippen LogP contribution in [0.15, 0.2) is 71.5 Å². The molecule has 2 fully saturated rings. The van der Waals surface area contributed by atoms with Crippen molar-refractivity contribution >= 4 is 11.8 Å². The summed E-state index contributed by atoms with van der Waals surface area (Å²) in [5, 5.41) is 7.41. The molecule has 33 heavy (non-hydrogen) atoms. The lowest BCUT2D eigenvalue weighted by Crippen LogP contribution is -2.38. The molecule has 5 rings (SSSR count). The first-order chi connectivity index (χ1) is 16.1. The molecule has 168 valence electrons. The number of benzene rings is 2. The van der Waals surface area contributed by atoms with Crippen LogP contribution < -0.4 is 10.9 Å². The Labute approximate surface area is 192 Å². The van der Waals surface area contributed by atoms with Crippen LogP contribution in [0.4, 0.5) is 0 Å². The van der Waals surface area contributed by atoms with Gasteiger partial charge in [0.15, 0.2) is 0 Å². The van der Waals surface area contributed by atoms with Crippen LogP contribution in [0, 0.1) is 0 Å². The highest BCUT2D eigenvalue weighted by Crippen LogP contribution is 2.29. The van der Waals surface area contributed by atoms with Crippen LogP contribution in [0.5, 0.6) is 0 Å². The molecule has 7 heteroatoms. The van der Waals surface area contributed by atoms with Crippen molar-refractivity contribution in [3.63, 3.8) is 0 Å². The number of aromatic nitrogens is 2. The molecule has 0 saturated heterocycles. The number of hydrogen-bond acceptors (Lipinski definition) is 4. The average molecular weight is 443 g/mol. The number of amides is 2. The summed E-state index contributed by atoms with van der Waals surface area (Å²) >= 11 is 0. The first-order valence-corrected chi connectivity index (χ1v) is 11.4. The number of carbonyl (C=O) groups excluding carboxylic acids is 2. The summed E-state index contributed by atoms with van der Waals surface area (Å²) in [7, 11) is 0. The summed E-state index contributed by atoms with van der Waals surface area (Å²) in [5.41, 5.74) is 2.83. The second-order valence-corrected chi connectivity index (χ2v) is 8.78. The molecule has 3 aromatic rings. The summed E-state index contributed by atoms with van der Waals surface area (Å²) < 4.78 is 1.24. The van der Waals surface area contributed by atoms with Gasteiger partial charge in [-0.1, -0.05) is 42.5 Å². The number of rotatable bonds is 8. The minimum atomic E-state index is -0.301. The maximum Gasteiger partial charge on any atom is 0.267 e. The summed E-state index contributed by atoms with van der Waals surface area (Å²) in [6, 6.07) is 20.6. The molecule has 2 saturated carbocycles. The summed E-state index contributed by atoms with van der Waals surface area (Å²) in [4.78, 5) is 39.6. The van der Waals surface area contributed by atoms with Gasteiger partial charge in [0.1, 0.15) is 6.54 Å². The quantitative estimate of drug-likeness (QED) is 0.581. The Balaban J connectivity index is 1.29. The van der Waals surface area contributed by atoms with Gasteiger partial charge in [-0.15, -0.1) is 0 Å². The van der Waals surface area contributed by atoms with Gasteiger partial charge in [0.2, 0.25) is 5.91 Å². The topological polar surface area (TPSA) is 84.3 Å². The van der Waals surface area contributed by atoms with E-state index in [1.165, 1.54) is 10.7 Å². The Kier molecular flexibility index (Phi) is 5.77. The lowest BCUT2D eigenvalue weighted by atomic mass is 10.1. The Bertz CT molecular complexity index is 1210. The minimum Gasteiger partial charge on any atom is -0.349 e. The highest BCUT2D eigenvalue weighted by molar-refractivity contribution is 5.94. The molecule has 2 amide bonds. The van der Waals surface area contributed by atoms with Crippen molar-refractivity contribution in [3.8, 4) is 11.3 Å². The van der Waals surface area contributed by atoms with Crippen LogP contribution in [-0.2, 0) is 17.9 Å². The van der Waals surface area contributed by atoms with Crippen molar-refractivity contribution in [1.82, 2.24) is 20.0 Å². The van der Waals surface area contributed by atoms with Crippen molar-refractivity contribution in [2.45, 2.75) is 50.9 Å². The number of nitrogens with zero attached hydrogens (tertiary/aromatic N) is 3. The highest BCUT2D eigenvalue weighted by atomic mass is 16.2. The fourth-order valence-electron chi connectivity index (χ4n) is 3.81. The van der Waals surface area contributed by atoms with Crippen LogP contribution in [0.25, 0.3) is 11.3 Å². The van der Waals surface area contributed by atoms with Crippen molar-refractivity contribution in [2.75, 3.05) is 0 Å². The molecular weight excluding hydrogens is 416 g/mol. The van der Waals surface area contributed by atoms with Crippen molar-refractivity contribution in [1.29, 1.82) is 0 Å². The van der Waals surface area contributed by atoms with Crippen LogP contribution in [0.3, 0.4) is 0 Å². The lowest BCUT2D eigenvalue weighted by Gasteiger charge is -2.23. The zero-order valence-electron chi connectivity index (χ0n) is 18.3. The predicted octanol–water partition coefficient (Wildman–Crippen LogP) is 2.99. The normalized spacial score (nSPS) is 15.2. The van der Waals surface area contributed by atoms with E-state index in [2.05, 4.69) is 10.4 Å². The highest BCUT2D eigenvalue weighted by Gasteiger charge is 2.33. The maximum absolute atomic E-state index is 13.2. The van der Waals surface area contributed by atoms with E-state index < -0.39 is 0 Å². The zero-order chi connectivity index (χ0) is 22.8. The molecule has 7 nitrogen and oxygen atoms in total. The maximum atomic E-state index is 13.2. The molecular formula is C26H26N4O3. The van der Waals surface area contributed by atoms with Crippen molar-refractivity contribution in [2.24, 2.45) is 0 Å². The molecule has 2 aromatic carbocycles. The second-order valence-electron chi connectivity index (χ2n) is 8.78. The predicted molar refractivity (Wildman–Crippen MR) is 124 cm³/mol. The molecule has 0 unspecified atom stereocenters. The smallest absolute Gasteiger partial charge is 0.267 e. The Hall–Kier alpha value is -3.74. The van der Waals surface area contributed by atoms with E-state index in [1.807, 2.05) is 47.4 Å². The van der Waals surface area contributed by atoms with Gasteiger partial charge in [0.25, 0.3) is 11.5 Å². The SMILES string of the molecule is O=C(NC1CC1)c1ccc(CN(C(=O)Cn2nc(-c3ccccc3)ccc2=O)C2CC2)cc1. The second kappa shape index (κ2) is 9.02. The number of nitrogens with one attached hydrogen (secondary N) is 1. The summed E-state index contributed by atoms with van der Waals surface area (Å²) in [6.07, 6.45) is 4.02. The van der Waals surface area contributed by atoms with Gasteiger partial charge in [-0.25, -0.2) is 4.68 Å². The molecule has 0 atom stereocenters. The van der Waals surface area contributed by atoms with Crippen LogP contribution in [-0.4, -0.2) is 38.6 Å². The van der Waals surface area contributed by atoms with E-state index in [9.17, 15) is 14.4 Å². The summed E-state index contributed by atoms with van der Waals surface area (Å²) in [6.45, 7) is 0.346. The molecule has 1 N–H and O–H groups in total. The van der Waals surface area contributed by atoms with Crippen LogP contribution in [0.1, 0.15) is 41.6 Å². The van der Waals surface area contributed by atoms with Crippen molar-refractivity contribution in [3.05, 3.63) is 88.2 Å². The number of hydrogen-bond donors (Lipinski definition) is 1. The van der Waals surface area contributed by atoms with E-state index in [4.69, 9.17) is 0 Å². The monoisotopic (exact) mass is 442 g/mol. The molecule has 0 radical (unpaired) electrons. The summed E-state index contributed by atoms with van der Waals surface area (Å²) in [5.74, 6) is -0.184. The standard InChI is InChI=1S/C26H26N4O3/c31-24-15-14-23(19-4-2-1-3-5-19)28-30(24)17-25(32)29(22-12-13-22)16-18-6-8-20(9-7-18)26(33)27-21-10-11-21/h1-9,14-15,21-22H,10-13,16-17H2,(H,27,33). The molecule has 1 heterocycles. The van der Waals surface area contributed by atoms with Gasteiger partial charge in [0, 0.05) is 35.8 Å². The largest absolute Gasteiger partial charge is 0.349 e. The number of carbonyl (C=O) groups is 2. The van der Waals surface area contributed by atoms with Gasteiger partial charge in [-0.05, 0) is 49.4 Å². The van der Waals surface area contributed by atoms with E-state index in [1.54, 1.807) is 18.2 Å². The average Bonchev–Trinajstić information content (AvgIpc) is 3.75. The van der Waals surface area contributed by atoms with Crippen LogP contribution >= 0.6 is 0 Å². The van der Waals surface area contributed by atoms with Crippen LogP contribution in [0.2, 0.25) is 0 Å². The molecule has 0 bridgehead atoms. The Morgan fingerprint density at radius 1 is 0.939 bits per heavy atom. The molecule has 2 aliphatic rings. The zero-order valence-corrected chi connectivity index (χ0v) is 18.3. The first-order valence-electron chi connectivity index (χ1n) is 11.4. The first kappa shape index (κ1) is 21.1.